The van der Waals surface area contributed by atoms with Gasteiger partial charge in [0.05, 0.1) is 10.7 Å². The Morgan fingerprint density at radius 3 is 2.62 bits per heavy atom. The predicted molar refractivity (Wildman–Crippen MR) is 92.2 cm³/mol. The van der Waals surface area contributed by atoms with Gasteiger partial charge in [-0.15, -0.1) is 11.3 Å². The Bertz CT molecular complexity index is 555. The second-order valence-electron chi connectivity index (χ2n) is 5.82. The first kappa shape index (κ1) is 16.2. The maximum atomic E-state index is 4.71. The van der Waals surface area contributed by atoms with Gasteiger partial charge in [-0.3, -0.25) is 0 Å². The molecule has 114 valence electrons. The van der Waals surface area contributed by atoms with Gasteiger partial charge >= 0.3 is 0 Å². The predicted octanol–water partition coefficient (Wildman–Crippen LogP) is 4.08. The van der Waals surface area contributed by atoms with Crippen LogP contribution in [0.2, 0.25) is 0 Å². The van der Waals surface area contributed by atoms with Gasteiger partial charge in [-0.1, -0.05) is 36.8 Å². The summed E-state index contributed by atoms with van der Waals surface area (Å²) in [6.07, 6.45) is 2.19. The Labute approximate surface area is 132 Å². The summed E-state index contributed by atoms with van der Waals surface area (Å²) in [5, 5.41) is 4.78. The Kier molecular flexibility index (Phi) is 5.95. The van der Waals surface area contributed by atoms with Crippen LogP contribution in [0.3, 0.4) is 0 Å². The van der Waals surface area contributed by atoms with Gasteiger partial charge in [0.2, 0.25) is 0 Å². The normalized spacial score (nSPS) is 12.6. The average Bonchev–Trinajstić information content (AvgIpc) is 2.74. The summed E-state index contributed by atoms with van der Waals surface area (Å²) in [5.41, 5.74) is 3.96. The van der Waals surface area contributed by atoms with Gasteiger partial charge in [0.25, 0.3) is 0 Å². The van der Waals surface area contributed by atoms with Crippen LogP contribution in [0.15, 0.2) is 24.3 Å². The number of nitrogens with zero attached hydrogens (tertiary/aromatic N) is 1. The van der Waals surface area contributed by atoms with Crippen molar-refractivity contribution >= 4 is 11.3 Å². The van der Waals surface area contributed by atoms with E-state index in [1.807, 2.05) is 11.3 Å². The van der Waals surface area contributed by atoms with E-state index in [1.54, 1.807) is 0 Å². The third-order valence-electron chi connectivity index (χ3n) is 3.83. The summed E-state index contributed by atoms with van der Waals surface area (Å²) >= 11 is 1.85. The molecule has 0 amide bonds. The molecule has 2 rings (SSSR count). The number of benzene rings is 1. The number of hydrogen-bond donors (Lipinski definition) is 1. The van der Waals surface area contributed by atoms with Crippen LogP contribution in [0.4, 0.5) is 0 Å². The molecule has 0 spiro atoms. The van der Waals surface area contributed by atoms with Crippen LogP contribution in [0.5, 0.6) is 0 Å². The lowest BCUT2D eigenvalue weighted by atomic mass is 9.95. The molecule has 0 saturated heterocycles. The number of rotatable bonds is 7. The molecular weight excluding hydrogens is 276 g/mol. The highest BCUT2D eigenvalue weighted by atomic mass is 32.1. The van der Waals surface area contributed by atoms with E-state index in [1.165, 1.54) is 26.7 Å². The van der Waals surface area contributed by atoms with Crippen molar-refractivity contribution in [1.82, 2.24) is 10.3 Å². The molecule has 1 atom stereocenters. The SMILES string of the molecule is CCNCC(Cc1cccc(C)c1)Cc1nc(C)c(C)s1. The van der Waals surface area contributed by atoms with Gasteiger partial charge in [-0.25, -0.2) is 4.98 Å². The van der Waals surface area contributed by atoms with E-state index in [9.17, 15) is 0 Å². The minimum Gasteiger partial charge on any atom is -0.317 e. The van der Waals surface area contributed by atoms with Gasteiger partial charge in [0.1, 0.15) is 0 Å². The Morgan fingerprint density at radius 2 is 2.00 bits per heavy atom. The molecule has 1 heterocycles. The zero-order valence-electron chi connectivity index (χ0n) is 13.6. The van der Waals surface area contributed by atoms with Gasteiger partial charge in [0, 0.05) is 11.3 Å². The van der Waals surface area contributed by atoms with E-state index in [0.29, 0.717) is 5.92 Å². The number of hydrogen-bond acceptors (Lipinski definition) is 3. The van der Waals surface area contributed by atoms with Gasteiger partial charge in [-0.2, -0.15) is 0 Å². The fourth-order valence-corrected chi connectivity index (χ4v) is 3.66. The number of thiazole rings is 1. The molecule has 21 heavy (non-hydrogen) atoms. The summed E-state index contributed by atoms with van der Waals surface area (Å²) in [6.45, 7) is 10.7. The van der Waals surface area contributed by atoms with Gasteiger partial charge < -0.3 is 5.32 Å². The van der Waals surface area contributed by atoms with Gasteiger partial charge in [0.15, 0.2) is 0 Å². The quantitative estimate of drug-likeness (QED) is 0.833. The van der Waals surface area contributed by atoms with Crippen LogP contribution in [0.1, 0.15) is 33.6 Å². The summed E-state index contributed by atoms with van der Waals surface area (Å²) in [6, 6.07) is 8.87. The molecule has 3 heteroatoms. The fourth-order valence-electron chi connectivity index (χ4n) is 2.61. The minimum absolute atomic E-state index is 0.608. The third kappa shape index (κ3) is 4.94. The third-order valence-corrected chi connectivity index (χ3v) is 4.92. The highest BCUT2D eigenvalue weighted by molar-refractivity contribution is 7.11. The molecule has 1 aromatic carbocycles. The molecule has 0 bridgehead atoms. The molecule has 0 aliphatic carbocycles. The minimum atomic E-state index is 0.608. The molecule has 0 aliphatic rings. The number of aromatic nitrogens is 1. The van der Waals surface area contributed by atoms with Crippen molar-refractivity contribution in [2.24, 2.45) is 5.92 Å². The first-order valence-corrected chi connectivity index (χ1v) is 8.59. The van der Waals surface area contributed by atoms with E-state index in [-0.39, 0.29) is 0 Å². The average molecular weight is 302 g/mol. The topological polar surface area (TPSA) is 24.9 Å². The van der Waals surface area contributed by atoms with Crippen LogP contribution in [-0.4, -0.2) is 18.1 Å². The molecule has 0 fully saturated rings. The number of nitrogens with one attached hydrogen (secondary N) is 1. The second-order valence-corrected chi connectivity index (χ2v) is 7.11. The van der Waals surface area contributed by atoms with Crippen LogP contribution < -0.4 is 5.32 Å². The molecule has 2 nitrogen and oxygen atoms in total. The lowest BCUT2D eigenvalue weighted by molar-refractivity contribution is 0.477. The molecular formula is C18H26N2S. The van der Waals surface area contributed by atoms with Crippen molar-refractivity contribution in [3.63, 3.8) is 0 Å². The zero-order valence-corrected chi connectivity index (χ0v) is 14.4. The van der Waals surface area contributed by atoms with E-state index >= 15 is 0 Å². The zero-order chi connectivity index (χ0) is 15.2. The van der Waals surface area contributed by atoms with Crippen LogP contribution in [-0.2, 0) is 12.8 Å². The fraction of sp³-hybridized carbons (Fsp3) is 0.500. The van der Waals surface area contributed by atoms with Crippen molar-refractivity contribution < 1.29 is 0 Å². The highest BCUT2D eigenvalue weighted by Gasteiger charge is 2.14. The lowest BCUT2D eigenvalue weighted by Crippen LogP contribution is -2.25. The summed E-state index contributed by atoms with van der Waals surface area (Å²) in [7, 11) is 0. The smallest absolute Gasteiger partial charge is 0.0934 e. The molecule has 0 aliphatic heterocycles. The number of aryl methyl sites for hydroxylation is 3. The van der Waals surface area contributed by atoms with Crippen molar-refractivity contribution in [2.45, 2.75) is 40.5 Å². The highest BCUT2D eigenvalue weighted by Crippen LogP contribution is 2.21. The van der Waals surface area contributed by atoms with Crippen LogP contribution in [0, 0.1) is 26.7 Å². The maximum Gasteiger partial charge on any atom is 0.0934 e. The molecule has 0 saturated carbocycles. The lowest BCUT2D eigenvalue weighted by Gasteiger charge is -2.16. The van der Waals surface area contributed by atoms with Crippen molar-refractivity contribution in [2.75, 3.05) is 13.1 Å². The van der Waals surface area contributed by atoms with Crippen LogP contribution >= 0.6 is 11.3 Å². The molecule has 2 aromatic rings. The first-order valence-electron chi connectivity index (χ1n) is 7.77. The molecule has 1 aromatic heterocycles. The monoisotopic (exact) mass is 302 g/mol. The molecule has 1 N–H and O–H groups in total. The molecule has 0 radical (unpaired) electrons. The maximum absolute atomic E-state index is 4.71. The largest absolute Gasteiger partial charge is 0.317 e. The van der Waals surface area contributed by atoms with Gasteiger partial charge in [-0.05, 0) is 51.8 Å². The van der Waals surface area contributed by atoms with Crippen molar-refractivity contribution in [3.8, 4) is 0 Å². The summed E-state index contributed by atoms with van der Waals surface area (Å²) in [4.78, 5) is 6.06. The van der Waals surface area contributed by atoms with E-state index < -0.39 is 0 Å². The Balaban J connectivity index is 2.06. The van der Waals surface area contributed by atoms with Crippen molar-refractivity contribution in [1.29, 1.82) is 0 Å². The summed E-state index contributed by atoms with van der Waals surface area (Å²) in [5.74, 6) is 0.608. The van der Waals surface area contributed by atoms with Crippen molar-refractivity contribution in [3.05, 3.63) is 51.0 Å². The summed E-state index contributed by atoms with van der Waals surface area (Å²) < 4.78 is 0. The Hall–Kier alpha value is -1.19. The molecule has 1 unspecified atom stereocenters. The van der Waals surface area contributed by atoms with E-state index in [4.69, 9.17) is 4.98 Å². The second kappa shape index (κ2) is 7.71. The van der Waals surface area contributed by atoms with E-state index in [2.05, 4.69) is 57.3 Å². The Morgan fingerprint density at radius 1 is 1.19 bits per heavy atom. The first-order chi connectivity index (χ1) is 10.1. The standard InChI is InChI=1S/C18H26N2S/c1-5-19-12-17(10-16-8-6-7-13(2)9-16)11-18-20-14(3)15(4)21-18/h6-9,17,19H,5,10-12H2,1-4H3. The van der Waals surface area contributed by atoms with E-state index in [0.717, 1.165) is 25.9 Å². The van der Waals surface area contributed by atoms with Crippen LogP contribution in [0.25, 0.3) is 0 Å².